The van der Waals surface area contributed by atoms with Gasteiger partial charge in [0.05, 0.1) is 0 Å². The third-order valence-corrected chi connectivity index (χ3v) is 3.25. The lowest BCUT2D eigenvalue weighted by atomic mass is 10.1. The van der Waals surface area contributed by atoms with Crippen molar-refractivity contribution in [1.82, 2.24) is 0 Å². The van der Waals surface area contributed by atoms with Gasteiger partial charge >= 0.3 is 0 Å². The number of hydrogen-bond donors (Lipinski definition) is 0. The van der Waals surface area contributed by atoms with Gasteiger partial charge in [-0.05, 0) is 37.1 Å². The third-order valence-electron chi connectivity index (χ3n) is 3.25. The molecule has 2 aromatic carbocycles. The van der Waals surface area contributed by atoms with E-state index in [1.165, 1.54) is 6.07 Å². The average Bonchev–Trinajstić information content (AvgIpc) is 2.48. The Bertz CT molecular complexity index is 568. The molecule has 0 heterocycles. The fraction of sp³-hybridized carbons (Fsp3) is 0.235. The summed E-state index contributed by atoms with van der Waals surface area (Å²) >= 11 is 0. The molecule has 2 nitrogen and oxygen atoms in total. The van der Waals surface area contributed by atoms with Gasteiger partial charge in [0.1, 0.15) is 5.82 Å². The van der Waals surface area contributed by atoms with Crippen LogP contribution < -0.4 is 4.90 Å². The van der Waals surface area contributed by atoms with Gasteiger partial charge in [-0.2, -0.15) is 0 Å². The normalized spacial score (nSPS) is 10.3. The SMILES string of the molecule is CCN(C(=O)CCc1ccccc1F)c1ccccc1. The molecule has 1 amide bonds. The Morgan fingerprint density at radius 3 is 2.35 bits per heavy atom. The third kappa shape index (κ3) is 3.44. The molecule has 3 heteroatoms. The van der Waals surface area contributed by atoms with Crippen molar-refractivity contribution in [2.45, 2.75) is 19.8 Å². The predicted octanol–water partition coefficient (Wildman–Crippen LogP) is 3.81. The summed E-state index contributed by atoms with van der Waals surface area (Å²) in [6.07, 6.45) is 0.735. The quantitative estimate of drug-likeness (QED) is 0.809. The maximum atomic E-state index is 13.5. The molecule has 2 rings (SSSR count). The standard InChI is InChI=1S/C17H18FNO/c1-2-19(15-9-4-3-5-10-15)17(20)13-12-14-8-6-7-11-16(14)18/h3-11H,2,12-13H2,1H3. The fourth-order valence-electron chi connectivity index (χ4n) is 2.19. The van der Waals surface area contributed by atoms with Crippen LogP contribution in [0.2, 0.25) is 0 Å². The average molecular weight is 271 g/mol. The molecule has 2 aromatic rings. The number of carbonyl (C=O) groups excluding carboxylic acids is 1. The summed E-state index contributed by atoms with van der Waals surface area (Å²) in [4.78, 5) is 14.0. The molecule has 0 fully saturated rings. The van der Waals surface area contributed by atoms with Gasteiger partial charge in [-0.3, -0.25) is 4.79 Å². The van der Waals surface area contributed by atoms with Gasteiger partial charge in [0, 0.05) is 18.7 Å². The molecular formula is C17H18FNO. The topological polar surface area (TPSA) is 20.3 Å². The van der Waals surface area contributed by atoms with Crippen LogP contribution in [0.3, 0.4) is 0 Å². The lowest BCUT2D eigenvalue weighted by Crippen LogP contribution is -2.30. The number of nitrogens with zero attached hydrogens (tertiary/aromatic N) is 1. The number of anilines is 1. The van der Waals surface area contributed by atoms with Crippen molar-refractivity contribution in [1.29, 1.82) is 0 Å². The monoisotopic (exact) mass is 271 g/mol. The van der Waals surface area contributed by atoms with Crippen LogP contribution >= 0.6 is 0 Å². The summed E-state index contributed by atoms with van der Waals surface area (Å²) in [5, 5.41) is 0. The Balaban J connectivity index is 2.02. The second-order valence-electron chi connectivity index (χ2n) is 4.56. The Kier molecular flexibility index (Phi) is 4.88. The van der Waals surface area contributed by atoms with E-state index < -0.39 is 0 Å². The van der Waals surface area contributed by atoms with Gasteiger partial charge < -0.3 is 4.90 Å². The minimum Gasteiger partial charge on any atom is -0.313 e. The number of halogens is 1. The van der Waals surface area contributed by atoms with E-state index in [4.69, 9.17) is 0 Å². The second kappa shape index (κ2) is 6.85. The van der Waals surface area contributed by atoms with E-state index in [0.717, 1.165) is 5.69 Å². The van der Waals surface area contributed by atoms with E-state index >= 15 is 0 Å². The van der Waals surface area contributed by atoms with Crippen LogP contribution in [0.5, 0.6) is 0 Å². The number of hydrogen-bond acceptors (Lipinski definition) is 1. The minimum atomic E-state index is -0.247. The predicted molar refractivity (Wildman–Crippen MR) is 79.2 cm³/mol. The minimum absolute atomic E-state index is 0.0157. The summed E-state index contributed by atoms with van der Waals surface area (Å²) in [6, 6.07) is 16.1. The van der Waals surface area contributed by atoms with E-state index in [0.29, 0.717) is 24.9 Å². The summed E-state index contributed by atoms with van der Waals surface area (Å²) in [6.45, 7) is 2.55. The molecule has 0 atom stereocenters. The molecule has 0 N–H and O–H groups in total. The molecule has 0 radical (unpaired) electrons. The first-order valence-electron chi connectivity index (χ1n) is 6.81. The zero-order valence-electron chi connectivity index (χ0n) is 11.6. The molecule has 0 aromatic heterocycles. The van der Waals surface area contributed by atoms with Gasteiger partial charge in [0.2, 0.25) is 5.91 Å². The highest BCUT2D eigenvalue weighted by atomic mass is 19.1. The van der Waals surface area contributed by atoms with Crippen molar-refractivity contribution < 1.29 is 9.18 Å². The molecule has 20 heavy (non-hydrogen) atoms. The van der Waals surface area contributed by atoms with Crippen LogP contribution in [0.15, 0.2) is 54.6 Å². The van der Waals surface area contributed by atoms with Crippen LogP contribution in [0.4, 0.5) is 10.1 Å². The largest absolute Gasteiger partial charge is 0.313 e. The maximum Gasteiger partial charge on any atom is 0.227 e. The summed E-state index contributed by atoms with van der Waals surface area (Å²) in [7, 11) is 0. The lowest BCUT2D eigenvalue weighted by molar-refractivity contribution is -0.118. The Hall–Kier alpha value is -2.16. The summed E-state index contributed by atoms with van der Waals surface area (Å²) in [5.41, 5.74) is 1.47. The van der Waals surface area contributed by atoms with E-state index in [2.05, 4.69) is 0 Å². The van der Waals surface area contributed by atoms with Crippen molar-refractivity contribution in [2.24, 2.45) is 0 Å². The van der Waals surface area contributed by atoms with Crippen LogP contribution in [0.25, 0.3) is 0 Å². The summed E-state index contributed by atoms with van der Waals surface area (Å²) < 4.78 is 13.5. The molecule has 0 saturated carbocycles. The Labute approximate surface area is 118 Å². The van der Waals surface area contributed by atoms with Gasteiger partial charge in [0.15, 0.2) is 0 Å². The van der Waals surface area contributed by atoms with E-state index in [1.54, 1.807) is 23.1 Å². The van der Waals surface area contributed by atoms with Crippen LogP contribution in [-0.4, -0.2) is 12.5 Å². The van der Waals surface area contributed by atoms with Gasteiger partial charge in [-0.25, -0.2) is 4.39 Å². The van der Waals surface area contributed by atoms with Crippen molar-refractivity contribution in [3.8, 4) is 0 Å². The first-order valence-corrected chi connectivity index (χ1v) is 6.81. The van der Waals surface area contributed by atoms with E-state index in [1.807, 2.05) is 37.3 Å². The van der Waals surface area contributed by atoms with Crippen molar-refractivity contribution in [2.75, 3.05) is 11.4 Å². The van der Waals surface area contributed by atoms with Crippen molar-refractivity contribution in [3.05, 3.63) is 66.0 Å². The zero-order chi connectivity index (χ0) is 14.4. The van der Waals surface area contributed by atoms with Crippen LogP contribution in [0.1, 0.15) is 18.9 Å². The lowest BCUT2D eigenvalue weighted by Gasteiger charge is -2.21. The van der Waals surface area contributed by atoms with Gasteiger partial charge in [-0.1, -0.05) is 36.4 Å². The van der Waals surface area contributed by atoms with Crippen LogP contribution in [0, 0.1) is 5.82 Å². The van der Waals surface area contributed by atoms with Crippen molar-refractivity contribution in [3.63, 3.8) is 0 Å². The molecule has 0 unspecified atom stereocenters. The number of rotatable bonds is 5. The van der Waals surface area contributed by atoms with E-state index in [9.17, 15) is 9.18 Å². The van der Waals surface area contributed by atoms with Crippen molar-refractivity contribution >= 4 is 11.6 Å². The maximum absolute atomic E-state index is 13.5. The number of para-hydroxylation sites is 1. The molecule has 0 aliphatic carbocycles. The molecule has 0 spiro atoms. The highest BCUT2D eigenvalue weighted by Gasteiger charge is 2.14. The molecular weight excluding hydrogens is 253 g/mol. The van der Waals surface area contributed by atoms with Gasteiger partial charge in [0.25, 0.3) is 0 Å². The number of amides is 1. The highest BCUT2D eigenvalue weighted by Crippen LogP contribution is 2.16. The fourth-order valence-corrected chi connectivity index (χ4v) is 2.19. The molecule has 0 saturated heterocycles. The second-order valence-corrected chi connectivity index (χ2v) is 4.56. The number of aryl methyl sites for hydroxylation is 1. The molecule has 0 aliphatic heterocycles. The smallest absolute Gasteiger partial charge is 0.227 e. The van der Waals surface area contributed by atoms with E-state index in [-0.39, 0.29) is 11.7 Å². The molecule has 104 valence electrons. The number of carbonyl (C=O) groups is 1. The Morgan fingerprint density at radius 1 is 1.05 bits per heavy atom. The zero-order valence-corrected chi connectivity index (χ0v) is 11.6. The first-order chi connectivity index (χ1) is 9.72. The first kappa shape index (κ1) is 14.3. The Morgan fingerprint density at radius 2 is 1.70 bits per heavy atom. The number of benzene rings is 2. The molecule has 0 aliphatic rings. The molecule has 0 bridgehead atoms. The van der Waals surface area contributed by atoms with Gasteiger partial charge in [-0.15, -0.1) is 0 Å². The highest BCUT2D eigenvalue weighted by molar-refractivity contribution is 5.93. The summed E-state index contributed by atoms with van der Waals surface area (Å²) in [5.74, 6) is -0.231. The van der Waals surface area contributed by atoms with Crippen LogP contribution in [-0.2, 0) is 11.2 Å².